The van der Waals surface area contributed by atoms with Gasteiger partial charge in [-0.15, -0.1) is 0 Å². The molecule has 4 N–H and O–H groups in total. The van der Waals surface area contributed by atoms with Gasteiger partial charge in [-0.2, -0.15) is 5.10 Å². The Balaban J connectivity index is 1.98. The topological polar surface area (TPSA) is 86.9 Å². The van der Waals surface area contributed by atoms with E-state index >= 15 is 0 Å². The van der Waals surface area contributed by atoms with Crippen molar-refractivity contribution in [1.82, 2.24) is 9.78 Å². The number of carbonyl (C=O) groups is 1. The van der Waals surface area contributed by atoms with E-state index in [9.17, 15) is 4.79 Å². The van der Waals surface area contributed by atoms with Gasteiger partial charge in [0.05, 0.1) is 12.2 Å². The van der Waals surface area contributed by atoms with Crippen LogP contribution in [0.5, 0.6) is 0 Å². The third-order valence-electron chi connectivity index (χ3n) is 2.41. The van der Waals surface area contributed by atoms with Crippen molar-refractivity contribution in [3.8, 4) is 0 Å². The third kappa shape index (κ3) is 1.93. The lowest BCUT2D eigenvalue weighted by Gasteiger charge is -2.06. The fourth-order valence-corrected chi connectivity index (χ4v) is 1.37. The van der Waals surface area contributed by atoms with E-state index in [1.54, 1.807) is 4.68 Å². The highest BCUT2D eigenvalue weighted by Gasteiger charge is 2.25. The van der Waals surface area contributed by atoms with Crippen molar-refractivity contribution in [3.63, 3.8) is 0 Å². The Labute approximate surface area is 82.1 Å². The quantitative estimate of drug-likeness (QED) is 0.682. The second-order valence-electron chi connectivity index (χ2n) is 3.75. The highest BCUT2D eigenvalue weighted by molar-refractivity contribution is 5.79. The minimum absolute atomic E-state index is 0.363. The first-order chi connectivity index (χ1) is 6.66. The van der Waals surface area contributed by atoms with Gasteiger partial charge in [-0.25, -0.2) is 0 Å². The first-order valence-electron chi connectivity index (χ1n) is 4.75. The summed E-state index contributed by atoms with van der Waals surface area (Å²) in [6, 6.07) is 1.33. The van der Waals surface area contributed by atoms with Crippen molar-refractivity contribution in [2.45, 2.75) is 31.3 Å². The minimum atomic E-state index is -0.651. The van der Waals surface area contributed by atoms with Gasteiger partial charge in [0.15, 0.2) is 0 Å². The summed E-state index contributed by atoms with van der Waals surface area (Å²) < 4.78 is 1.68. The number of amides is 1. The Morgan fingerprint density at radius 1 is 1.71 bits per heavy atom. The Hall–Kier alpha value is -1.36. The van der Waals surface area contributed by atoms with Crippen molar-refractivity contribution in [2.24, 2.45) is 11.5 Å². The van der Waals surface area contributed by atoms with Gasteiger partial charge in [-0.05, 0) is 18.9 Å². The van der Waals surface area contributed by atoms with E-state index < -0.39 is 11.9 Å². The molecule has 0 radical (unpaired) electrons. The summed E-state index contributed by atoms with van der Waals surface area (Å²) in [5.74, 6) is 0.134. The molecule has 5 nitrogen and oxygen atoms in total. The summed E-state index contributed by atoms with van der Waals surface area (Å²) in [5.41, 5.74) is 11.7. The summed E-state index contributed by atoms with van der Waals surface area (Å²) in [4.78, 5) is 10.7. The van der Waals surface area contributed by atoms with Crippen LogP contribution in [0.15, 0.2) is 12.3 Å². The molecule has 0 bridgehead atoms. The van der Waals surface area contributed by atoms with Crippen LogP contribution in [0, 0.1) is 0 Å². The van der Waals surface area contributed by atoms with Crippen LogP contribution in [-0.4, -0.2) is 21.7 Å². The number of hydrogen-bond acceptors (Lipinski definition) is 3. The SMILES string of the molecule is NC(=O)C(N)Cn1ccc(C2CC2)n1. The molecule has 1 aromatic heterocycles. The van der Waals surface area contributed by atoms with Gasteiger partial charge in [0.1, 0.15) is 6.04 Å². The van der Waals surface area contributed by atoms with Crippen molar-refractivity contribution in [3.05, 3.63) is 18.0 Å². The van der Waals surface area contributed by atoms with Gasteiger partial charge in [0.25, 0.3) is 0 Å². The summed E-state index contributed by atoms with van der Waals surface area (Å²) in [7, 11) is 0. The summed E-state index contributed by atoms with van der Waals surface area (Å²) >= 11 is 0. The van der Waals surface area contributed by atoms with Gasteiger partial charge in [-0.3, -0.25) is 9.48 Å². The summed E-state index contributed by atoms with van der Waals surface area (Å²) in [5, 5.41) is 4.32. The fraction of sp³-hybridized carbons (Fsp3) is 0.556. The minimum Gasteiger partial charge on any atom is -0.368 e. The number of primary amides is 1. The monoisotopic (exact) mass is 194 g/mol. The molecule has 1 unspecified atom stereocenters. The number of aromatic nitrogens is 2. The van der Waals surface area contributed by atoms with E-state index in [2.05, 4.69) is 5.10 Å². The van der Waals surface area contributed by atoms with Crippen molar-refractivity contribution in [2.75, 3.05) is 0 Å². The van der Waals surface area contributed by atoms with Crippen LogP contribution < -0.4 is 11.5 Å². The van der Waals surface area contributed by atoms with Gasteiger partial charge < -0.3 is 11.5 Å². The van der Waals surface area contributed by atoms with E-state index in [4.69, 9.17) is 11.5 Å². The van der Waals surface area contributed by atoms with E-state index in [1.165, 1.54) is 12.8 Å². The predicted octanol–water partition coefficient (Wildman–Crippen LogP) is -0.427. The summed E-state index contributed by atoms with van der Waals surface area (Å²) in [6.45, 7) is 0.363. The second-order valence-corrected chi connectivity index (χ2v) is 3.75. The number of hydrogen-bond donors (Lipinski definition) is 2. The largest absolute Gasteiger partial charge is 0.368 e. The molecule has 5 heteroatoms. The van der Waals surface area contributed by atoms with Crippen molar-refractivity contribution >= 4 is 5.91 Å². The second kappa shape index (κ2) is 3.42. The van der Waals surface area contributed by atoms with Crippen LogP contribution in [-0.2, 0) is 11.3 Å². The lowest BCUT2D eigenvalue weighted by Crippen LogP contribution is -2.40. The molecule has 0 aliphatic heterocycles. The van der Waals surface area contributed by atoms with Crippen molar-refractivity contribution < 1.29 is 4.79 Å². The zero-order chi connectivity index (χ0) is 10.1. The molecule has 0 saturated heterocycles. The molecule has 1 atom stereocenters. The van der Waals surface area contributed by atoms with E-state index in [0.29, 0.717) is 12.5 Å². The molecule has 1 saturated carbocycles. The van der Waals surface area contributed by atoms with E-state index in [1.807, 2.05) is 12.3 Å². The van der Waals surface area contributed by atoms with E-state index in [0.717, 1.165) is 5.69 Å². The first kappa shape index (κ1) is 9.21. The maximum absolute atomic E-state index is 10.7. The molecular formula is C9H14N4O. The number of nitrogens with two attached hydrogens (primary N) is 2. The number of carbonyl (C=O) groups excluding carboxylic acids is 1. The predicted molar refractivity (Wildman–Crippen MR) is 51.4 cm³/mol. The molecule has 1 aromatic rings. The zero-order valence-corrected chi connectivity index (χ0v) is 7.89. The average Bonchev–Trinajstić information content (AvgIpc) is 2.88. The molecule has 1 aliphatic rings. The van der Waals surface area contributed by atoms with Crippen LogP contribution in [0.2, 0.25) is 0 Å². The third-order valence-corrected chi connectivity index (χ3v) is 2.41. The lowest BCUT2D eigenvalue weighted by atomic mass is 10.3. The molecular weight excluding hydrogens is 180 g/mol. The van der Waals surface area contributed by atoms with Crippen LogP contribution in [0.4, 0.5) is 0 Å². The van der Waals surface area contributed by atoms with Crippen LogP contribution in [0.25, 0.3) is 0 Å². The molecule has 0 spiro atoms. The zero-order valence-electron chi connectivity index (χ0n) is 7.89. The molecule has 14 heavy (non-hydrogen) atoms. The maximum atomic E-state index is 10.7. The average molecular weight is 194 g/mol. The van der Waals surface area contributed by atoms with E-state index in [-0.39, 0.29) is 0 Å². The van der Waals surface area contributed by atoms with Gasteiger partial charge in [0, 0.05) is 12.1 Å². The normalized spacial score (nSPS) is 18.1. The smallest absolute Gasteiger partial charge is 0.236 e. The molecule has 1 heterocycles. The van der Waals surface area contributed by atoms with Crippen LogP contribution >= 0.6 is 0 Å². The molecule has 2 rings (SSSR count). The molecule has 1 amide bonds. The highest BCUT2D eigenvalue weighted by atomic mass is 16.1. The number of nitrogens with zero attached hydrogens (tertiary/aromatic N) is 2. The fourth-order valence-electron chi connectivity index (χ4n) is 1.37. The summed E-state index contributed by atoms with van der Waals surface area (Å²) in [6.07, 6.45) is 4.29. The molecule has 76 valence electrons. The van der Waals surface area contributed by atoms with Crippen LogP contribution in [0.3, 0.4) is 0 Å². The standard InChI is InChI=1S/C9H14N4O/c10-7(9(11)14)5-13-4-3-8(12-13)6-1-2-6/h3-4,6-7H,1-2,5,10H2,(H2,11,14). The Morgan fingerprint density at radius 3 is 3.00 bits per heavy atom. The molecule has 1 fully saturated rings. The van der Waals surface area contributed by atoms with Crippen molar-refractivity contribution in [1.29, 1.82) is 0 Å². The first-order valence-corrected chi connectivity index (χ1v) is 4.75. The molecule has 0 aromatic carbocycles. The van der Waals surface area contributed by atoms with Crippen LogP contribution in [0.1, 0.15) is 24.5 Å². The Kier molecular flexibility index (Phi) is 2.25. The lowest BCUT2D eigenvalue weighted by molar-refractivity contribution is -0.119. The Bertz CT molecular complexity index is 342. The van der Waals surface area contributed by atoms with Gasteiger partial charge in [0.2, 0.25) is 5.91 Å². The highest BCUT2D eigenvalue weighted by Crippen LogP contribution is 2.38. The van der Waals surface area contributed by atoms with Gasteiger partial charge >= 0.3 is 0 Å². The Morgan fingerprint density at radius 2 is 2.43 bits per heavy atom. The molecule has 1 aliphatic carbocycles. The maximum Gasteiger partial charge on any atom is 0.236 e. The number of rotatable bonds is 4. The van der Waals surface area contributed by atoms with Gasteiger partial charge in [-0.1, -0.05) is 0 Å².